The zero-order valence-electron chi connectivity index (χ0n) is 10.8. The Morgan fingerprint density at radius 2 is 2.19 bits per heavy atom. The van der Waals surface area contributed by atoms with E-state index in [-0.39, 0.29) is 8.03 Å². The Hall–Kier alpha value is -1.22. The van der Waals surface area contributed by atoms with Crippen molar-refractivity contribution in [1.29, 1.82) is 0 Å². The molecule has 0 fully saturated rings. The molecule has 0 atom stereocenters. The van der Waals surface area contributed by atoms with Gasteiger partial charge in [0.1, 0.15) is 5.76 Å². The van der Waals surface area contributed by atoms with Crippen molar-refractivity contribution in [3.63, 3.8) is 0 Å². The van der Waals surface area contributed by atoms with Crippen LogP contribution in [0, 0.1) is 6.92 Å². The molecule has 0 unspecified atom stereocenters. The van der Waals surface area contributed by atoms with Gasteiger partial charge in [0.15, 0.2) is 0 Å². The molecule has 0 aromatic carbocycles. The van der Waals surface area contributed by atoms with Gasteiger partial charge in [0.2, 0.25) is 0 Å². The maximum atomic E-state index is 8.82. The third-order valence-corrected chi connectivity index (χ3v) is 2.10. The van der Waals surface area contributed by atoms with Crippen molar-refractivity contribution >= 4 is 5.76 Å². The lowest BCUT2D eigenvalue weighted by atomic mass is 10.2. The minimum atomic E-state index is 0. The highest BCUT2D eigenvalue weighted by Gasteiger charge is 2.06. The van der Waals surface area contributed by atoms with Crippen molar-refractivity contribution in [2.24, 2.45) is 0 Å². The number of aliphatic hydroxyl groups is 1. The second-order valence-electron chi connectivity index (χ2n) is 3.17. The molecule has 2 N–H and O–H groups in total. The lowest BCUT2D eigenvalue weighted by Gasteiger charge is -2.03. The van der Waals surface area contributed by atoms with Gasteiger partial charge in [-0.25, -0.2) is 0 Å². The number of H-pyrrole nitrogens is 1. The number of hydrogen-bond acceptors (Lipinski definition) is 2. The third kappa shape index (κ3) is 4.11. The van der Waals surface area contributed by atoms with Crippen LogP contribution in [0.1, 0.15) is 39.1 Å². The zero-order valence-corrected chi connectivity index (χ0v) is 10.8. The predicted molar refractivity (Wildman–Crippen MR) is 70.4 cm³/mol. The van der Waals surface area contributed by atoms with Crippen LogP contribution in [0.3, 0.4) is 0 Å². The number of aliphatic hydroxyl groups excluding tert-OH is 1. The Balaban J connectivity index is 0. The van der Waals surface area contributed by atoms with Crippen LogP contribution in [-0.4, -0.2) is 23.3 Å². The Labute approximate surface area is 99.6 Å². The number of ether oxygens (including phenoxy) is 1. The number of hydrogen-bond donors (Lipinski definition) is 2. The van der Waals surface area contributed by atoms with Crippen LogP contribution < -0.4 is 0 Å². The first-order valence-corrected chi connectivity index (χ1v) is 5.80. The SMILES string of the molecule is C=C(OCC)c1cc(C)c(CCO)[nH]1.CC.[HH]. The van der Waals surface area contributed by atoms with E-state index in [1.165, 1.54) is 0 Å². The molecule has 0 aliphatic rings. The molecule has 1 rings (SSSR count). The van der Waals surface area contributed by atoms with Crippen LogP contribution in [0.15, 0.2) is 12.6 Å². The first-order valence-electron chi connectivity index (χ1n) is 5.80. The number of aryl methyl sites for hydroxylation is 1. The fourth-order valence-electron chi connectivity index (χ4n) is 1.37. The van der Waals surface area contributed by atoms with Gasteiger partial charge in [0.25, 0.3) is 0 Å². The monoisotopic (exact) mass is 227 g/mol. The van der Waals surface area contributed by atoms with Gasteiger partial charge in [-0.2, -0.15) is 0 Å². The van der Waals surface area contributed by atoms with Gasteiger partial charge < -0.3 is 14.8 Å². The van der Waals surface area contributed by atoms with Crippen LogP contribution >= 0.6 is 0 Å². The second-order valence-corrected chi connectivity index (χ2v) is 3.17. The molecule has 0 saturated heterocycles. The quantitative estimate of drug-likeness (QED) is 0.759. The average Bonchev–Trinajstić information content (AvgIpc) is 2.64. The van der Waals surface area contributed by atoms with E-state index in [4.69, 9.17) is 9.84 Å². The van der Waals surface area contributed by atoms with E-state index in [2.05, 4.69) is 11.6 Å². The van der Waals surface area contributed by atoms with Gasteiger partial charge in [-0.15, -0.1) is 0 Å². The minimum absolute atomic E-state index is 0. The van der Waals surface area contributed by atoms with E-state index >= 15 is 0 Å². The van der Waals surface area contributed by atoms with E-state index < -0.39 is 0 Å². The molecule has 0 aliphatic heterocycles. The summed E-state index contributed by atoms with van der Waals surface area (Å²) in [6.45, 7) is 12.5. The molecule has 1 aromatic heterocycles. The summed E-state index contributed by atoms with van der Waals surface area (Å²) in [6, 6.07) is 1.99. The fraction of sp³-hybridized carbons (Fsp3) is 0.538. The van der Waals surface area contributed by atoms with Gasteiger partial charge in [-0.3, -0.25) is 0 Å². The Morgan fingerprint density at radius 3 is 2.69 bits per heavy atom. The summed E-state index contributed by atoms with van der Waals surface area (Å²) in [6.07, 6.45) is 0.644. The predicted octanol–water partition coefficient (Wildman–Crippen LogP) is 3.14. The molecule has 0 amide bonds. The Bertz CT molecular complexity index is 321. The molecule has 0 radical (unpaired) electrons. The second kappa shape index (κ2) is 7.99. The standard InChI is InChI=1S/C11H17NO2.C2H6.H2/c1-4-14-9(3)11-7-8(2)10(12-11)5-6-13;1-2;/h7,12-13H,3-6H2,1-2H3;1-2H3;1H. The summed E-state index contributed by atoms with van der Waals surface area (Å²) in [7, 11) is 0. The number of nitrogens with one attached hydrogen (secondary N) is 1. The molecule has 94 valence electrons. The largest absolute Gasteiger partial charge is 0.492 e. The summed E-state index contributed by atoms with van der Waals surface area (Å²) in [5.74, 6) is 0.653. The summed E-state index contributed by atoms with van der Waals surface area (Å²) < 4.78 is 5.29. The van der Waals surface area contributed by atoms with Gasteiger partial charge in [0, 0.05) is 20.1 Å². The molecule has 3 heteroatoms. The van der Waals surface area contributed by atoms with Crippen LogP contribution in [0.25, 0.3) is 5.76 Å². The van der Waals surface area contributed by atoms with E-state index in [9.17, 15) is 0 Å². The van der Waals surface area contributed by atoms with E-state index in [1.807, 2.05) is 33.8 Å². The molecule has 0 bridgehead atoms. The van der Waals surface area contributed by atoms with Gasteiger partial charge in [-0.05, 0) is 25.5 Å². The van der Waals surface area contributed by atoms with Crippen molar-refractivity contribution in [1.82, 2.24) is 4.98 Å². The molecule has 16 heavy (non-hydrogen) atoms. The van der Waals surface area contributed by atoms with Gasteiger partial charge >= 0.3 is 0 Å². The third-order valence-electron chi connectivity index (χ3n) is 2.10. The summed E-state index contributed by atoms with van der Waals surface area (Å²) in [4.78, 5) is 3.18. The van der Waals surface area contributed by atoms with Crippen molar-refractivity contribution in [2.75, 3.05) is 13.2 Å². The van der Waals surface area contributed by atoms with Crippen molar-refractivity contribution in [2.45, 2.75) is 34.1 Å². The van der Waals surface area contributed by atoms with Crippen LogP contribution in [0.5, 0.6) is 0 Å². The maximum absolute atomic E-state index is 8.82. The van der Waals surface area contributed by atoms with E-state index in [0.717, 1.165) is 17.0 Å². The highest BCUT2D eigenvalue weighted by atomic mass is 16.5. The number of aromatic amines is 1. The molecular formula is C13H25NO2. The Morgan fingerprint density at radius 1 is 1.56 bits per heavy atom. The minimum Gasteiger partial charge on any atom is -0.492 e. The topological polar surface area (TPSA) is 45.2 Å². The van der Waals surface area contributed by atoms with Gasteiger partial charge in [0.05, 0.1) is 12.3 Å². The molecule has 3 nitrogen and oxygen atoms in total. The summed E-state index contributed by atoms with van der Waals surface area (Å²) >= 11 is 0. The van der Waals surface area contributed by atoms with Crippen molar-refractivity contribution in [3.05, 3.63) is 29.6 Å². The first-order chi connectivity index (χ1) is 7.69. The molecule has 1 aromatic rings. The smallest absolute Gasteiger partial charge is 0.135 e. The molecule has 0 saturated carbocycles. The van der Waals surface area contributed by atoms with Crippen molar-refractivity contribution in [3.8, 4) is 0 Å². The lowest BCUT2D eigenvalue weighted by molar-refractivity contribution is 0.295. The van der Waals surface area contributed by atoms with Crippen LogP contribution in [-0.2, 0) is 11.2 Å². The summed E-state index contributed by atoms with van der Waals surface area (Å²) in [5.41, 5.74) is 3.08. The number of rotatable bonds is 5. The summed E-state index contributed by atoms with van der Waals surface area (Å²) in [5, 5.41) is 8.82. The van der Waals surface area contributed by atoms with E-state index in [0.29, 0.717) is 18.8 Å². The number of aromatic nitrogens is 1. The van der Waals surface area contributed by atoms with E-state index in [1.54, 1.807) is 0 Å². The van der Waals surface area contributed by atoms with Crippen LogP contribution in [0.2, 0.25) is 0 Å². The zero-order chi connectivity index (χ0) is 12.6. The lowest BCUT2D eigenvalue weighted by Crippen LogP contribution is -1.94. The highest BCUT2D eigenvalue weighted by Crippen LogP contribution is 2.17. The first kappa shape index (κ1) is 14.8. The molecule has 0 spiro atoms. The van der Waals surface area contributed by atoms with Gasteiger partial charge in [-0.1, -0.05) is 20.4 Å². The Kier molecular flexibility index (Phi) is 7.38. The molecule has 0 aliphatic carbocycles. The highest BCUT2D eigenvalue weighted by molar-refractivity contribution is 5.55. The average molecular weight is 227 g/mol. The fourth-order valence-corrected chi connectivity index (χ4v) is 1.37. The molecule has 1 heterocycles. The maximum Gasteiger partial charge on any atom is 0.135 e. The normalized spacial score (nSPS) is 9.31. The molecular weight excluding hydrogens is 202 g/mol. The van der Waals surface area contributed by atoms with Crippen molar-refractivity contribution < 1.29 is 11.3 Å². The van der Waals surface area contributed by atoms with Crippen LogP contribution in [0.4, 0.5) is 0 Å².